The number of Topliss-reactive ketones (excluding diaryl/α,β-unsaturated/α-hetero) is 1. The zero-order valence-electron chi connectivity index (χ0n) is 12.1. The Morgan fingerprint density at radius 3 is 2.65 bits per heavy atom. The van der Waals surface area contributed by atoms with Gasteiger partial charge in [0.25, 0.3) is 0 Å². The topological polar surface area (TPSA) is 34.9 Å². The molecule has 1 aliphatic rings. The van der Waals surface area contributed by atoms with Crippen molar-refractivity contribution in [1.29, 1.82) is 0 Å². The molecule has 3 nitrogen and oxygen atoms in total. The summed E-state index contributed by atoms with van der Waals surface area (Å²) >= 11 is 0. The van der Waals surface area contributed by atoms with E-state index in [0.29, 0.717) is 12.3 Å². The second-order valence-corrected chi connectivity index (χ2v) is 5.89. The molecule has 0 unspecified atom stereocenters. The molecule has 0 N–H and O–H groups in total. The van der Waals surface area contributed by atoms with Gasteiger partial charge in [-0.05, 0) is 37.3 Å². The van der Waals surface area contributed by atoms with Gasteiger partial charge in [0.05, 0.1) is 22.6 Å². The average Bonchev–Trinajstić information content (AvgIpc) is 2.79. The van der Waals surface area contributed by atoms with Gasteiger partial charge in [-0.1, -0.05) is 32.0 Å². The lowest BCUT2D eigenvalue weighted by Gasteiger charge is -2.13. The highest BCUT2D eigenvalue weighted by Crippen LogP contribution is 2.28. The minimum Gasteiger partial charge on any atom is -0.294 e. The number of rotatable bonds is 3. The summed E-state index contributed by atoms with van der Waals surface area (Å²) in [5.74, 6) is 0.775. The van der Waals surface area contributed by atoms with Crippen LogP contribution in [0.15, 0.2) is 30.3 Å². The fraction of sp³-hybridized carbons (Fsp3) is 0.412. The normalized spacial score (nSPS) is 14.7. The van der Waals surface area contributed by atoms with Crippen molar-refractivity contribution < 1.29 is 4.79 Å². The highest BCUT2D eigenvalue weighted by Gasteiger charge is 2.27. The lowest BCUT2D eigenvalue weighted by molar-refractivity contribution is 0.0971. The average molecular weight is 268 g/mol. The Balaban J connectivity index is 2.14. The van der Waals surface area contributed by atoms with Crippen molar-refractivity contribution >= 4 is 5.78 Å². The maximum absolute atomic E-state index is 12.3. The summed E-state index contributed by atoms with van der Waals surface area (Å²) in [5.41, 5.74) is 4.02. The molecule has 2 aromatic rings. The van der Waals surface area contributed by atoms with Crippen LogP contribution in [-0.4, -0.2) is 15.6 Å². The smallest absolute Gasteiger partial charge is 0.166 e. The number of para-hydroxylation sites is 1. The highest BCUT2D eigenvalue weighted by molar-refractivity contribution is 5.99. The van der Waals surface area contributed by atoms with E-state index in [2.05, 4.69) is 13.8 Å². The van der Waals surface area contributed by atoms with Crippen molar-refractivity contribution in [2.45, 2.75) is 39.5 Å². The van der Waals surface area contributed by atoms with Crippen LogP contribution in [0.2, 0.25) is 0 Å². The Labute approximate surface area is 119 Å². The van der Waals surface area contributed by atoms with E-state index in [1.165, 1.54) is 0 Å². The van der Waals surface area contributed by atoms with Crippen molar-refractivity contribution in [2.75, 3.05) is 0 Å². The number of carbonyl (C=O) groups excluding carboxylic acids is 1. The number of ketones is 1. The van der Waals surface area contributed by atoms with Crippen LogP contribution >= 0.6 is 0 Å². The number of fused-ring (bicyclic) bond motifs is 1. The molecule has 0 radical (unpaired) electrons. The van der Waals surface area contributed by atoms with Crippen LogP contribution < -0.4 is 0 Å². The molecule has 0 atom stereocenters. The molecule has 1 aromatic carbocycles. The van der Waals surface area contributed by atoms with Crippen LogP contribution in [0.5, 0.6) is 0 Å². The fourth-order valence-electron chi connectivity index (χ4n) is 2.91. The molecular weight excluding hydrogens is 248 g/mol. The van der Waals surface area contributed by atoms with Gasteiger partial charge in [-0.25, -0.2) is 4.68 Å². The van der Waals surface area contributed by atoms with Crippen molar-refractivity contribution in [3.8, 4) is 5.69 Å². The molecule has 3 rings (SSSR count). The van der Waals surface area contributed by atoms with E-state index in [1.807, 2.05) is 35.0 Å². The van der Waals surface area contributed by atoms with Gasteiger partial charge in [-0.2, -0.15) is 5.10 Å². The maximum Gasteiger partial charge on any atom is 0.166 e. The van der Waals surface area contributed by atoms with Crippen LogP contribution in [0, 0.1) is 5.92 Å². The summed E-state index contributed by atoms with van der Waals surface area (Å²) in [7, 11) is 0. The van der Waals surface area contributed by atoms with Gasteiger partial charge in [0, 0.05) is 6.42 Å². The van der Waals surface area contributed by atoms with Crippen LogP contribution in [0.1, 0.15) is 48.4 Å². The number of benzene rings is 1. The van der Waals surface area contributed by atoms with Crippen LogP contribution in [0.3, 0.4) is 0 Å². The molecule has 20 heavy (non-hydrogen) atoms. The Morgan fingerprint density at radius 2 is 1.95 bits per heavy atom. The summed E-state index contributed by atoms with van der Waals surface area (Å²) in [6.07, 6.45) is 3.42. The van der Waals surface area contributed by atoms with E-state index in [-0.39, 0.29) is 5.78 Å². The lowest BCUT2D eigenvalue weighted by Crippen LogP contribution is -2.14. The standard InChI is InChI=1S/C17H20N2O/c1-12(2)11-14-17-15(9-6-10-16(17)20)19(18-14)13-7-4-3-5-8-13/h3-5,7-8,12H,6,9-11H2,1-2H3. The molecule has 0 bridgehead atoms. The maximum atomic E-state index is 12.3. The zero-order valence-corrected chi connectivity index (χ0v) is 12.1. The summed E-state index contributed by atoms with van der Waals surface area (Å²) in [5, 5.41) is 4.75. The lowest BCUT2D eigenvalue weighted by atomic mass is 9.92. The first-order valence-corrected chi connectivity index (χ1v) is 7.36. The Morgan fingerprint density at radius 1 is 1.20 bits per heavy atom. The second kappa shape index (κ2) is 5.23. The number of carbonyl (C=O) groups is 1. The van der Waals surface area contributed by atoms with Gasteiger partial charge in [0.2, 0.25) is 0 Å². The van der Waals surface area contributed by atoms with E-state index < -0.39 is 0 Å². The molecule has 0 aliphatic heterocycles. The number of aromatic nitrogens is 2. The van der Waals surface area contributed by atoms with Gasteiger partial charge in [0.15, 0.2) is 5.78 Å². The van der Waals surface area contributed by atoms with Crippen LogP contribution in [-0.2, 0) is 12.8 Å². The van der Waals surface area contributed by atoms with Gasteiger partial charge in [0.1, 0.15) is 0 Å². The quantitative estimate of drug-likeness (QED) is 0.852. The first-order chi connectivity index (χ1) is 9.66. The Hall–Kier alpha value is -1.90. The molecule has 0 spiro atoms. The van der Waals surface area contributed by atoms with Gasteiger partial charge in [-0.15, -0.1) is 0 Å². The molecule has 0 amide bonds. The Bertz CT molecular complexity index is 626. The first-order valence-electron chi connectivity index (χ1n) is 7.36. The summed E-state index contributed by atoms with van der Waals surface area (Å²) in [6, 6.07) is 10.1. The van der Waals surface area contributed by atoms with Crippen LogP contribution in [0.25, 0.3) is 5.69 Å². The van der Waals surface area contributed by atoms with Crippen molar-refractivity contribution in [1.82, 2.24) is 9.78 Å². The third-order valence-electron chi connectivity index (χ3n) is 3.75. The van der Waals surface area contributed by atoms with Crippen molar-refractivity contribution in [3.63, 3.8) is 0 Å². The third kappa shape index (κ3) is 2.28. The predicted molar refractivity (Wildman–Crippen MR) is 79.4 cm³/mol. The first kappa shape index (κ1) is 13.1. The number of hydrogen-bond donors (Lipinski definition) is 0. The molecule has 0 fully saturated rings. The van der Waals surface area contributed by atoms with Gasteiger partial charge >= 0.3 is 0 Å². The summed E-state index contributed by atoms with van der Waals surface area (Å²) in [6.45, 7) is 4.34. The van der Waals surface area contributed by atoms with Gasteiger partial charge < -0.3 is 0 Å². The Kier molecular flexibility index (Phi) is 3.43. The minimum absolute atomic E-state index is 0.268. The zero-order chi connectivity index (χ0) is 14.1. The molecule has 1 aromatic heterocycles. The van der Waals surface area contributed by atoms with E-state index in [9.17, 15) is 4.79 Å². The van der Waals surface area contributed by atoms with Crippen LogP contribution in [0.4, 0.5) is 0 Å². The number of nitrogens with zero attached hydrogens (tertiary/aromatic N) is 2. The molecule has 0 saturated heterocycles. The molecule has 3 heteroatoms. The molecular formula is C17H20N2O. The highest BCUT2D eigenvalue weighted by atomic mass is 16.1. The fourth-order valence-corrected chi connectivity index (χ4v) is 2.91. The van der Waals surface area contributed by atoms with E-state index in [1.54, 1.807) is 0 Å². The van der Waals surface area contributed by atoms with E-state index in [0.717, 1.165) is 41.9 Å². The van der Waals surface area contributed by atoms with Crippen molar-refractivity contribution in [3.05, 3.63) is 47.3 Å². The van der Waals surface area contributed by atoms with E-state index in [4.69, 9.17) is 5.10 Å². The number of hydrogen-bond acceptors (Lipinski definition) is 2. The molecule has 1 aliphatic carbocycles. The second-order valence-electron chi connectivity index (χ2n) is 5.89. The van der Waals surface area contributed by atoms with E-state index >= 15 is 0 Å². The molecule has 104 valence electrons. The van der Waals surface area contributed by atoms with Crippen molar-refractivity contribution in [2.24, 2.45) is 5.92 Å². The summed E-state index contributed by atoms with van der Waals surface area (Å²) < 4.78 is 1.98. The largest absolute Gasteiger partial charge is 0.294 e. The molecule has 0 saturated carbocycles. The summed E-state index contributed by atoms with van der Waals surface area (Å²) in [4.78, 5) is 12.3. The SMILES string of the molecule is CC(C)Cc1nn(-c2ccccc2)c2c1C(=O)CCC2. The van der Waals surface area contributed by atoms with Gasteiger partial charge in [-0.3, -0.25) is 4.79 Å². The minimum atomic E-state index is 0.268. The monoisotopic (exact) mass is 268 g/mol. The predicted octanol–water partition coefficient (Wildman–Crippen LogP) is 3.59. The molecule has 1 heterocycles. The third-order valence-corrected chi connectivity index (χ3v) is 3.75.